The van der Waals surface area contributed by atoms with Gasteiger partial charge >= 0.3 is 0 Å². The molecule has 0 fully saturated rings. The summed E-state index contributed by atoms with van der Waals surface area (Å²) in [6, 6.07) is 3.45. The Bertz CT molecular complexity index is 490. The maximum absolute atomic E-state index is 11.8. The minimum absolute atomic E-state index is 0.164. The Morgan fingerprint density at radius 1 is 1.33 bits per heavy atom. The van der Waals surface area contributed by atoms with E-state index in [0.717, 1.165) is 4.47 Å². The number of aryl methyl sites for hydroxylation is 1. The SMILES string of the molecule is Cn1cnc(C(=O)c2ccc(Br)cn2)c1. The van der Waals surface area contributed by atoms with Gasteiger partial charge in [0.1, 0.15) is 11.4 Å². The zero-order valence-electron chi connectivity index (χ0n) is 8.01. The molecular weight excluding hydrogens is 258 g/mol. The van der Waals surface area contributed by atoms with Gasteiger partial charge in [0.15, 0.2) is 0 Å². The number of hydrogen-bond acceptors (Lipinski definition) is 3. The molecule has 15 heavy (non-hydrogen) atoms. The third-order valence-corrected chi connectivity index (χ3v) is 2.37. The van der Waals surface area contributed by atoms with Crippen LogP contribution in [0.25, 0.3) is 0 Å². The molecule has 0 aliphatic carbocycles. The summed E-state index contributed by atoms with van der Waals surface area (Å²) in [7, 11) is 1.82. The van der Waals surface area contributed by atoms with Crippen LogP contribution in [0.3, 0.4) is 0 Å². The Morgan fingerprint density at radius 3 is 2.67 bits per heavy atom. The predicted octanol–water partition coefficient (Wildman–Crippen LogP) is 1.81. The number of pyridine rings is 1. The van der Waals surface area contributed by atoms with Crippen molar-refractivity contribution in [3.63, 3.8) is 0 Å². The number of carbonyl (C=O) groups excluding carboxylic acids is 1. The maximum atomic E-state index is 11.8. The minimum atomic E-state index is -0.164. The van der Waals surface area contributed by atoms with Crippen LogP contribution in [0.5, 0.6) is 0 Å². The molecule has 0 aliphatic heterocycles. The summed E-state index contributed by atoms with van der Waals surface area (Å²) in [5, 5.41) is 0. The average molecular weight is 266 g/mol. The fraction of sp³-hybridized carbons (Fsp3) is 0.100. The molecule has 2 aromatic rings. The molecule has 2 heterocycles. The zero-order chi connectivity index (χ0) is 10.8. The van der Waals surface area contributed by atoms with Crippen molar-refractivity contribution in [2.45, 2.75) is 0 Å². The summed E-state index contributed by atoms with van der Waals surface area (Å²) in [6.07, 6.45) is 4.86. The molecule has 0 aliphatic rings. The van der Waals surface area contributed by atoms with E-state index in [9.17, 15) is 4.79 Å². The smallest absolute Gasteiger partial charge is 0.231 e. The highest BCUT2D eigenvalue weighted by Crippen LogP contribution is 2.10. The standard InChI is InChI=1S/C10H8BrN3O/c1-14-5-9(13-6-14)10(15)8-3-2-7(11)4-12-8/h2-6H,1H3. The van der Waals surface area contributed by atoms with Crippen molar-refractivity contribution in [3.05, 3.63) is 46.7 Å². The van der Waals surface area contributed by atoms with E-state index in [1.54, 1.807) is 35.4 Å². The maximum Gasteiger partial charge on any atom is 0.231 e. The Hall–Kier alpha value is -1.49. The van der Waals surface area contributed by atoms with Crippen LogP contribution in [0, 0.1) is 0 Å². The Labute approximate surface area is 95.1 Å². The molecule has 0 N–H and O–H groups in total. The van der Waals surface area contributed by atoms with E-state index in [1.807, 2.05) is 7.05 Å². The highest BCUT2D eigenvalue weighted by atomic mass is 79.9. The van der Waals surface area contributed by atoms with Crippen LogP contribution in [-0.4, -0.2) is 20.3 Å². The quantitative estimate of drug-likeness (QED) is 0.779. The number of aromatic nitrogens is 3. The summed E-state index contributed by atoms with van der Waals surface area (Å²) in [5.41, 5.74) is 0.809. The molecule has 76 valence electrons. The van der Waals surface area contributed by atoms with E-state index in [4.69, 9.17) is 0 Å². The summed E-state index contributed by atoms with van der Waals surface area (Å²) in [5.74, 6) is -0.164. The van der Waals surface area contributed by atoms with E-state index in [0.29, 0.717) is 11.4 Å². The van der Waals surface area contributed by atoms with Crippen molar-refractivity contribution in [2.24, 2.45) is 7.05 Å². The van der Waals surface area contributed by atoms with E-state index >= 15 is 0 Å². The van der Waals surface area contributed by atoms with Gasteiger partial charge in [-0.15, -0.1) is 0 Å². The molecule has 4 nitrogen and oxygen atoms in total. The normalized spacial score (nSPS) is 10.3. The van der Waals surface area contributed by atoms with Crippen LogP contribution in [0.4, 0.5) is 0 Å². The molecule has 0 spiro atoms. The number of ketones is 1. The zero-order valence-corrected chi connectivity index (χ0v) is 9.60. The molecule has 0 atom stereocenters. The Balaban J connectivity index is 2.32. The van der Waals surface area contributed by atoms with Crippen molar-refractivity contribution in [2.75, 3.05) is 0 Å². The molecule has 2 rings (SSSR count). The van der Waals surface area contributed by atoms with E-state index in [2.05, 4.69) is 25.9 Å². The van der Waals surface area contributed by atoms with E-state index in [1.165, 1.54) is 0 Å². The van der Waals surface area contributed by atoms with Gasteiger partial charge in [-0.3, -0.25) is 9.78 Å². The van der Waals surface area contributed by atoms with Gasteiger partial charge in [-0.2, -0.15) is 0 Å². The summed E-state index contributed by atoms with van der Waals surface area (Å²) in [4.78, 5) is 19.8. The largest absolute Gasteiger partial charge is 0.340 e. The number of halogens is 1. The van der Waals surface area contributed by atoms with Crippen molar-refractivity contribution in [3.8, 4) is 0 Å². The van der Waals surface area contributed by atoms with Gasteiger partial charge < -0.3 is 4.57 Å². The molecular formula is C10H8BrN3O. The highest BCUT2D eigenvalue weighted by molar-refractivity contribution is 9.10. The lowest BCUT2D eigenvalue weighted by atomic mass is 10.2. The van der Waals surface area contributed by atoms with Crippen molar-refractivity contribution in [1.82, 2.24) is 14.5 Å². The molecule has 0 saturated carbocycles. The molecule has 0 saturated heterocycles. The fourth-order valence-corrected chi connectivity index (χ4v) is 1.41. The van der Waals surface area contributed by atoms with E-state index in [-0.39, 0.29) is 5.78 Å². The second kappa shape index (κ2) is 3.94. The van der Waals surface area contributed by atoms with E-state index < -0.39 is 0 Å². The van der Waals surface area contributed by atoms with Gasteiger partial charge in [0.2, 0.25) is 5.78 Å². The minimum Gasteiger partial charge on any atom is -0.340 e. The monoisotopic (exact) mass is 265 g/mol. The van der Waals surface area contributed by atoms with Crippen LogP contribution < -0.4 is 0 Å². The first kappa shape index (κ1) is 10.0. The molecule has 0 unspecified atom stereocenters. The number of hydrogen-bond donors (Lipinski definition) is 0. The van der Waals surface area contributed by atoms with Crippen LogP contribution in [-0.2, 0) is 7.05 Å². The highest BCUT2D eigenvalue weighted by Gasteiger charge is 2.12. The number of carbonyl (C=O) groups is 1. The van der Waals surface area contributed by atoms with Gasteiger partial charge in [0.05, 0.1) is 6.33 Å². The van der Waals surface area contributed by atoms with Gasteiger partial charge in [-0.25, -0.2) is 4.98 Å². The third-order valence-electron chi connectivity index (χ3n) is 1.90. The van der Waals surface area contributed by atoms with Crippen LogP contribution in [0.2, 0.25) is 0 Å². The predicted molar refractivity (Wildman–Crippen MR) is 58.6 cm³/mol. The lowest BCUT2D eigenvalue weighted by molar-refractivity contribution is 0.103. The summed E-state index contributed by atoms with van der Waals surface area (Å²) >= 11 is 3.26. The second-order valence-electron chi connectivity index (χ2n) is 3.12. The first-order valence-corrected chi connectivity index (χ1v) is 5.10. The number of rotatable bonds is 2. The van der Waals surface area contributed by atoms with Crippen molar-refractivity contribution < 1.29 is 4.79 Å². The third kappa shape index (κ3) is 2.12. The first-order valence-electron chi connectivity index (χ1n) is 4.31. The Morgan fingerprint density at radius 2 is 2.13 bits per heavy atom. The van der Waals surface area contributed by atoms with Crippen molar-refractivity contribution >= 4 is 21.7 Å². The number of nitrogens with zero attached hydrogens (tertiary/aromatic N) is 3. The van der Waals surface area contributed by atoms with Gasteiger partial charge in [-0.1, -0.05) is 0 Å². The molecule has 0 aromatic carbocycles. The Kier molecular flexibility index (Phi) is 2.64. The van der Waals surface area contributed by atoms with Gasteiger partial charge in [-0.05, 0) is 28.1 Å². The molecule has 5 heteroatoms. The molecule has 0 bridgehead atoms. The van der Waals surface area contributed by atoms with Crippen LogP contribution in [0.1, 0.15) is 16.2 Å². The second-order valence-corrected chi connectivity index (χ2v) is 4.03. The molecule has 0 amide bonds. The fourth-order valence-electron chi connectivity index (χ4n) is 1.17. The number of imidazole rings is 1. The van der Waals surface area contributed by atoms with Crippen LogP contribution in [0.15, 0.2) is 35.3 Å². The van der Waals surface area contributed by atoms with Crippen LogP contribution >= 0.6 is 15.9 Å². The summed E-state index contributed by atoms with van der Waals surface area (Å²) in [6.45, 7) is 0. The average Bonchev–Trinajstić information content (AvgIpc) is 2.65. The van der Waals surface area contributed by atoms with Crippen molar-refractivity contribution in [1.29, 1.82) is 0 Å². The lowest BCUT2D eigenvalue weighted by Crippen LogP contribution is -2.03. The van der Waals surface area contributed by atoms with Gasteiger partial charge in [0, 0.05) is 23.9 Å². The molecule has 0 radical (unpaired) electrons. The summed E-state index contributed by atoms with van der Waals surface area (Å²) < 4.78 is 2.58. The first-order chi connectivity index (χ1) is 7.16. The lowest BCUT2D eigenvalue weighted by Gasteiger charge is -1.96. The topological polar surface area (TPSA) is 47.8 Å². The molecule has 2 aromatic heterocycles. The van der Waals surface area contributed by atoms with Gasteiger partial charge in [0.25, 0.3) is 0 Å².